The first kappa shape index (κ1) is 27.6. The third-order valence-corrected chi connectivity index (χ3v) is 8.56. The number of carbonyl (C=O) groups is 1. The summed E-state index contributed by atoms with van der Waals surface area (Å²) in [6.45, 7) is 1.45. The number of benzene rings is 3. The van der Waals surface area contributed by atoms with Crippen LogP contribution < -0.4 is 10.2 Å². The van der Waals surface area contributed by atoms with Gasteiger partial charge in [0.2, 0.25) is 5.91 Å². The largest absolute Gasteiger partial charge is 0.416 e. The van der Waals surface area contributed by atoms with Gasteiger partial charge in [-0.3, -0.25) is 4.79 Å². The van der Waals surface area contributed by atoms with E-state index in [1.54, 1.807) is 43.3 Å². The predicted molar refractivity (Wildman–Crippen MR) is 139 cm³/mol. The summed E-state index contributed by atoms with van der Waals surface area (Å²) in [7, 11) is -3.30. The molecule has 0 radical (unpaired) electrons. The first-order chi connectivity index (χ1) is 18.0. The zero-order chi connectivity index (χ0) is 27.5. The van der Waals surface area contributed by atoms with E-state index in [0.29, 0.717) is 24.2 Å². The second-order valence-corrected chi connectivity index (χ2v) is 11.6. The molecule has 202 valence electrons. The molecule has 0 aromatic heterocycles. The fourth-order valence-electron chi connectivity index (χ4n) is 4.67. The third-order valence-electron chi connectivity index (χ3n) is 6.81. The Labute approximate surface area is 219 Å². The lowest BCUT2D eigenvalue weighted by atomic mass is 9.95. The molecule has 10 heteroatoms. The van der Waals surface area contributed by atoms with Crippen molar-refractivity contribution in [1.29, 1.82) is 0 Å². The molecular formula is C28H28F4N2O3S. The highest BCUT2D eigenvalue weighted by molar-refractivity contribution is 7.91. The number of nitrogens with one attached hydrogen (secondary N) is 1. The van der Waals surface area contributed by atoms with E-state index in [4.69, 9.17) is 0 Å². The number of halogens is 4. The highest BCUT2D eigenvalue weighted by Gasteiger charge is 2.34. The number of carbonyl (C=O) groups excluding carboxylic acids is 1. The summed E-state index contributed by atoms with van der Waals surface area (Å²) in [5.41, 5.74) is 2.01. The smallest absolute Gasteiger partial charge is 0.365 e. The van der Waals surface area contributed by atoms with Crippen molar-refractivity contribution in [2.45, 2.75) is 42.8 Å². The molecule has 2 atom stereocenters. The predicted octanol–water partition coefficient (Wildman–Crippen LogP) is 6.01. The molecule has 1 aliphatic rings. The molecule has 1 unspecified atom stereocenters. The van der Waals surface area contributed by atoms with Gasteiger partial charge in [-0.15, -0.1) is 0 Å². The molecule has 0 saturated carbocycles. The number of rotatable bonds is 8. The molecule has 1 aliphatic heterocycles. The molecule has 1 heterocycles. The van der Waals surface area contributed by atoms with Gasteiger partial charge in [-0.05, 0) is 66.1 Å². The first-order valence-electron chi connectivity index (χ1n) is 12.2. The zero-order valence-electron chi connectivity index (χ0n) is 20.7. The number of alkyl halides is 4. The molecular weight excluding hydrogens is 520 g/mol. The van der Waals surface area contributed by atoms with Gasteiger partial charge in [0.1, 0.15) is 6.67 Å². The van der Waals surface area contributed by atoms with Crippen LogP contribution in [0.5, 0.6) is 0 Å². The number of hydrogen-bond donors (Lipinski definition) is 1. The van der Waals surface area contributed by atoms with E-state index in [1.807, 2.05) is 4.90 Å². The Balaban J connectivity index is 1.38. The van der Waals surface area contributed by atoms with Crippen LogP contribution in [0.1, 0.15) is 36.0 Å². The van der Waals surface area contributed by atoms with E-state index in [-0.39, 0.29) is 28.9 Å². The Morgan fingerprint density at radius 3 is 2.16 bits per heavy atom. The van der Waals surface area contributed by atoms with Gasteiger partial charge in [0, 0.05) is 23.8 Å². The lowest BCUT2D eigenvalue weighted by Crippen LogP contribution is -2.30. The molecule has 38 heavy (non-hydrogen) atoms. The molecule has 5 nitrogen and oxygen atoms in total. The van der Waals surface area contributed by atoms with Gasteiger partial charge >= 0.3 is 6.18 Å². The third kappa shape index (κ3) is 6.35. The maximum Gasteiger partial charge on any atom is 0.416 e. The highest BCUT2D eigenvalue weighted by atomic mass is 32.2. The van der Waals surface area contributed by atoms with Crippen LogP contribution in [0.2, 0.25) is 0 Å². The van der Waals surface area contributed by atoms with Crippen molar-refractivity contribution in [3.8, 4) is 0 Å². The quantitative estimate of drug-likeness (QED) is 0.350. The fraction of sp³-hybridized carbons (Fsp3) is 0.321. The summed E-state index contributed by atoms with van der Waals surface area (Å²) >= 11 is 0. The van der Waals surface area contributed by atoms with Crippen LogP contribution in [0.3, 0.4) is 0 Å². The van der Waals surface area contributed by atoms with Crippen LogP contribution in [0.15, 0.2) is 77.7 Å². The second-order valence-electron chi connectivity index (χ2n) is 9.33. The van der Waals surface area contributed by atoms with Crippen molar-refractivity contribution in [3.63, 3.8) is 0 Å². The van der Waals surface area contributed by atoms with Crippen LogP contribution in [-0.2, 0) is 27.2 Å². The summed E-state index contributed by atoms with van der Waals surface area (Å²) in [6, 6.07) is 17.8. The maximum absolute atomic E-state index is 13.8. The Kier molecular flexibility index (Phi) is 8.10. The molecule has 3 aromatic carbocycles. The van der Waals surface area contributed by atoms with E-state index in [1.165, 1.54) is 24.3 Å². The second kappa shape index (κ2) is 11.1. The van der Waals surface area contributed by atoms with Gasteiger partial charge in [-0.2, -0.15) is 13.2 Å². The van der Waals surface area contributed by atoms with E-state index in [0.717, 1.165) is 23.4 Å². The van der Waals surface area contributed by atoms with Crippen molar-refractivity contribution in [3.05, 3.63) is 89.5 Å². The summed E-state index contributed by atoms with van der Waals surface area (Å²) in [5, 5.41) is 2.80. The van der Waals surface area contributed by atoms with Gasteiger partial charge in [0.25, 0.3) is 0 Å². The van der Waals surface area contributed by atoms with Crippen molar-refractivity contribution >= 4 is 27.1 Å². The van der Waals surface area contributed by atoms with Crippen LogP contribution >= 0.6 is 0 Å². The van der Waals surface area contributed by atoms with E-state index in [2.05, 4.69) is 5.32 Å². The standard InChI is InChI=1S/C28H28F4N2O3S/c1-2-38(36,37)26-13-3-19(4-14-26)15-27(35)33-23-9-11-24(12-10-23)34-18-21(16-25(34)17-29)20-5-7-22(8-6-20)28(30,31)32/h3-14,21,25H,2,15-18H2,1H3,(H,33,35)/t21?,25-/m0/s1. The van der Waals surface area contributed by atoms with Gasteiger partial charge in [0.15, 0.2) is 9.84 Å². The van der Waals surface area contributed by atoms with E-state index < -0.39 is 34.3 Å². The van der Waals surface area contributed by atoms with Crippen LogP contribution in [-0.4, -0.2) is 39.3 Å². The fourth-order valence-corrected chi connectivity index (χ4v) is 5.56. The minimum atomic E-state index is -4.40. The van der Waals surface area contributed by atoms with Crippen molar-refractivity contribution < 1.29 is 30.8 Å². The Hall–Kier alpha value is -3.40. The number of amides is 1. The summed E-state index contributed by atoms with van der Waals surface area (Å²) in [4.78, 5) is 14.6. The minimum Gasteiger partial charge on any atom is -0.365 e. The average molecular weight is 549 g/mol. The number of nitrogens with zero attached hydrogens (tertiary/aromatic N) is 1. The summed E-state index contributed by atoms with van der Waals surface area (Å²) in [5.74, 6) is -0.368. The van der Waals surface area contributed by atoms with Gasteiger partial charge in [-0.1, -0.05) is 31.2 Å². The monoisotopic (exact) mass is 548 g/mol. The minimum absolute atomic E-state index is 0.00203. The number of sulfone groups is 1. The Morgan fingerprint density at radius 2 is 1.61 bits per heavy atom. The molecule has 1 fully saturated rings. The molecule has 0 aliphatic carbocycles. The summed E-state index contributed by atoms with van der Waals surface area (Å²) in [6.07, 6.45) is -3.85. The highest BCUT2D eigenvalue weighted by Crippen LogP contribution is 2.37. The lowest BCUT2D eigenvalue weighted by molar-refractivity contribution is -0.137. The number of anilines is 2. The normalized spacial score (nSPS) is 18.0. The zero-order valence-corrected chi connectivity index (χ0v) is 21.5. The average Bonchev–Trinajstić information content (AvgIpc) is 3.33. The molecule has 1 amide bonds. The van der Waals surface area contributed by atoms with Crippen molar-refractivity contribution in [2.24, 2.45) is 0 Å². The van der Waals surface area contributed by atoms with Crippen LogP contribution in [0.4, 0.5) is 28.9 Å². The number of hydrogen-bond acceptors (Lipinski definition) is 4. The van der Waals surface area contributed by atoms with Crippen molar-refractivity contribution in [1.82, 2.24) is 0 Å². The van der Waals surface area contributed by atoms with E-state index in [9.17, 15) is 30.8 Å². The van der Waals surface area contributed by atoms with Crippen LogP contribution in [0.25, 0.3) is 0 Å². The molecule has 1 N–H and O–H groups in total. The van der Waals surface area contributed by atoms with Gasteiger partial charge in [-0.25, -0.2) is 12.8 Å². The first-order valence-corrected chi connectivity index (χ1v) is 13.9. The lowest BCUT2D eigenvalue weighted by Gasteiger charge is -2.25. The Bertz CT molecular complexity index is 1360. The molecule has 1 saturated heterocycles. The van der Waals surface area contributed by atoms with E-state index >= 15 is 0 Å². The Morgan fingerprint density at radius 1 is 0.974 bits per heavy atom. The van der Waals surface area contributed by atoms with Crippen molar-refractivity contribution in [2.75, 3.05) is 29.2 Å². The molecule has 0 spiro atoms. The molecule has 3 aromatic rings. The SMILES string of the molecule is CCS(=O)(=O)c1ccc(CC(=O)Nc2ccc(N3CC(c4ccc(C(F)(F)F)cc4)C[C@H]3CF)cc2)cc1. The molecule has 0 bridgehead atoms. The molecule has 4 rings (SSSR count). The van der Waals surface area contributed by atoms with Gasteiger partial charge < -0.3 is 10.2 Å². The summed E-state index contributed by atoms with van der Waals surface area (Å²) < 4.78 is 76.3. The maximum atomic E-state index is 13.8. The topological polar surface area (TPSA) is 66.5 Å². The van der Waals surface area contributed by atoms with Crippen LogP contribution in [0, 0.1) is 0 Å². The van der Waals surface area contributed by atoms with Gasteiger partial charge in [0.05, 0.1) is 28.7 Å².